The Labute approximate surface area is 101 Å². The largest absolute Gasteiger partial charge is 0.497 e. The molecule has 0 radical (unpaired) electrons. The molecule has 1 atom stereocenters. The number of carbonyl (C=O) groups is 1. The van der Waals surface area contributed by atoms with Crippen LogP contribution in [0.3, 0.4) is 0 Å². The van der Waals surface area contributed by atoms with E-state index in [0.29, 0.717) is 0 Å². The molecule has 0 aliphatic carbocycles. The van der Waals surface area contributed by atoms with Gasteiger partial charge in [0.05, 0.1) is 13.2 Å². The molecule has 2 rings (SSSR count). The Kier molecular flexibility index (Phi) is 3.64. The van der Waals surface area contributed by atoms with E-state index in [9.17, 15) is 4.79 Å². The molecule has 2 N–H and O–H groups in total. The second kappa shape index (κ2) is 5.19. The van der Waals surface area contributed by atoms with Gasteiger partial charge in [0.2, 0.25) is 5.91 Å². The van der Waals surface area contributed by atoms with Gasteiger partial charge in [-0.15, -0.1) is 0 Å². The minimum absolute atomic E-state index is 0.0449. The molecule has 1 heterocycles. The molecule has 0 bridgehead atoms. The Balaban J connectivity index is 2.05. The zero-order valence-corrected chi connectivity index (χ0v) is 10.2. The van der Waals surface area contributed by atoms with Crippen molar-refractivity contribution in [1.29, 1.82) is 0 Å². The molecule has 0 saturated carbocycles. The van der Waals surface area contributed by atoms with E-state index < -0.39 is 0 Å². The highest BCUT2D eigenvalue weighted by molar-refractivity contribution is 5.95. The monoisotopic (exact) mass is 234 g/mol. The smallest absolute Gasteiger partial charge is 0.241 e. The first-order valence-corrected chi connectivity index (χ1v) is 5.89. The lowest BCUT2D eigenvalue weighted by Crippen LogP contribution is -2.35. The first-order valence-electron chi connectivity index (χ1n) is 5.89. The van der Waals surface area contributed by atoms with Crippen LogP contribution in [0.4, 0.5) is 5.69 Å². The minimum atomic E-state index is -0.0449. The van der Waals surface area contributed by atoms with E-state index in [1.807, 2.05) is 25.1 Å². The number of methoxy groups -OCH3 is 1. The van der Waals surface area contributed by atoms with Gasteiger partial charge in [-0.1, -0.05) is 0 Å². The van der Waals surface area contributed by atoms with Crippen molar-refractivity contribution in [2.24, 2.45) is 0 Å². The quantitative estimate of drug-likeness (QED) is 0.837. The van der Waals surface area contributed by atoms with Crippen molar-refractivity contribution in [1.82, 2.24) is 5.32 Å². The fourth-order valence-corrected chi connectivity index (χ4v) is 2.03. The molecule has 92 valence electrons. The fraction of sp³-hybridized carbons (Fsp3) is 0.462. The maximum atomic E-state index is 11.9. The van der Waals surface area contributed by atoms with Gasteiger partial charge in [-0.2, -0.15) is 0 Å². The Bertz CT molecular complexity index is 412. The molecule has 1 amide bonds. The molecule has 0 spiro atoms. The highest BCUT2D eigenvalue weighted by Crippen LogP contribution is 2.21. The van der Waals surface area contributed by atoms with E-state index in [1.165, 1.54) is 0 Å². The second-order valence-electron chi connectivity index (χ2n) is 4.32. The van der Waals surface area contributed by atoms with Crippen LogP contribution in [0.1, 0.15) is 18.4 Å². The summed E-state index contributed by atoms with van der Waals surface area (Å²) in [6, 6.07) is 5.60. The lowest BCUT2D eigenvalue weighted by Gasteiger charge is -2.13. The molecular formula is C13H18N2O2. The maximum Gasteiger partial charge on any atom is 0.241 e. The fourth-order valence-electron chi connectivity index (χ4n) is 2.03. The van der Waals surface area contributed by atoms with Crippen molar-refractivity contribution >= 4 is 11.6 Å². The standard InChI is InChI=1S/C13H18N2O2/c1-9-8-10(17-2)5-6-11(9)15-13(16)12-4-3-7-14-12/h5-6,8,12,14H,3-4,7H2,1-2H3,(H,15,16). The molecule has 1 unspecified atom stereocenters. The molecule has 4 heteroatoms. The summed E-state index contributed by atoms with van der Waals surface area (Å²) in [6.07, 6.45) is 1.99. The van der Waals surface area contributed by atoms with Crippen LogP contribution >= 0.6 is 0 Å². The van der Waals surface area contributed by atoms with Crippen LogP contribution in [-0.4, -0.2) is 25.6 Å². The number of hydrogen-bond acceptors (Lipinski definition) is 3. The maximum absolute atomic E-state index is 11.9. The first-order chi connectivity index (χ1) is 8.20. The minimum Gasteiger partial charge on any atom is -0.497 e. The number of hydrogen-bond donors (Lipinski definition) is 2. The zero-order valence-electron chi connectivity index (χ0n) is 10.2. The summed E-state index contributed by atoms with van der Waals surface area (Å²) in [5.41, 5.74) is 1.86. The van der Waals surface area contributed by atoms with Crippen LogP contribution in [0.2, 0.25) is 0 Å². The zero-order chi connectivity index (χ0) is 12.3. The summed E-state index contributed by atoms with van der Waals surface area (Å²) in [4.78, 5) is 11.9. The van der Waals surface area contributed by atoms with Crippen LogP contribution in [0.15, 0.2) is 18.2 Å². The van der Waals surface area contributed by atoms with Gasteiger partial charge in [0.1, 0.15) is 5.75 Å². The highest BCUT2D eigenvalue weighted by atomic mass is 16.5. The van der Waals surface area contributed by atoms with E-state index >= 15 is 0 Å². The average molecular weight is 234 g/mol. The van der Waals surface area contributed by atoms with Crippen LogP contribution < -0.4 is 15.4 Å². The number of ether oxygens (including phenoxy) is 1. The molecule has 1 saturated heterocycles. The normalized spacial score (nSPS) is 19.1. The van der Waals surface area contributed by atoms with E-state index in [0.717, 1.165) is 36.4 Å². The van der Waals surface area contributed by atoms with Crippen molar-refractivity contribution in [3.05, 3.63) is 23.8 Å². The molecule has 1 aliphatic rings. The highest BCUT2D eigenvalue weighted by Gasteiger charge is 2.22. The third-order valence-corrected chi connectivity index (χ3v) is 3.07. The van der Waals surface area contributed by atoms with Gasteiger partial charge in [-0.3, -0.25) is 4.79 Å². The third-order valence-electron chi connectivity index (χ3n) is 3.07. The molecule has 1 fully saturated rings. The summed E-state index contributed by atoms with van der Waals surface area (Å²) in [6.45, 7) is 2.89. The predicted octanol–water partition coefficient (Wildman–Crippen LogP) is 1.69. The number of benzene rings is 1. The van der Waals surface area contributed by atoms with Crippen molar-refractivity contribution in [2.45, 2.75) is 25.8 Å². The lowest BCUT2D eigenvalue weighted by atomic mass is 10.1. The molecule has 17 heavy (non-hydrogen) atoms. The van der Waals surface area contributed by atoms with E-state index in [2.05, 4.69) is 10.6 Å². The van der Waals surface area contributed by atoms with Crippen LogP contribution in [-0.2, 0) is 4.79 Å². The lowest BCUT2D eigenvalue weighted by molar-refractivity contribution is -0.117. The van der Waals surface area contributed by atoms with Gasteiger partial charge in [0.25, 0.3) is 0 Å². The number of anilines is 1. The SMILES string of the molecule is COc1ccc(NC(=O)C2CCCN2)c(C)c1. The molecule has 0 aromatic heterocycles. The number of nitrogens with one attached hydrogen (secondary N) is 2. The van der Waals surface area contributed by atoms with E-state index in [1.54, 1.807) is 7.11 Å². The van der Waals surface area contributed by atoms with Crippen molar-refractivity contribution in [3.63, 3.8) is 0 Å². The number of carbonyl (C=O) groups excluding carboxylic acids is 1. The van der Waals surface area contributed by atoms with Gasteiger partial charge in [0, 0.05) is 5.69 Å². The Morgan fingerprint density at radius 2 is 2.35 bits per heavy atom. The van der Waals surface area contributed by atoms with Gasteiger partial charge >= 0.3 is 0 Å². The summed E-state index contributed by atoms with van der Waals surface area (Å²) in [5.74, 6) is 0.857. The van der Waals surface area contributed by atoms with Gasteiger partial charge < -0.3 is 15.4 Å². The average Bonchev–Trinajstić information content (AvgIpc) is 2.85. The molecule has 1 aromatic rings. The number of aryl methyl sites for hydroxylation is 1. The molecular weight excluding hydrogens is 216 g/mol. The number of rotatable bonds is 3. The van der Waals surface area contributed by atoms with Crippen LogP contribution in [0.25, 0.3) is 0 Å². The summed E-state index contributed by atoms with van der Waals surface area (Å²) < 4.78 is 5.13. The van der Waals surface area contributed by atoms with Crippen molar-refractivity contribution < 1.29 is 9.53 Å². The number of amides is 1. The molecule has 1 aromatic carbocycles. The Hall–Kier alpha value is -1.55. The van der Waals surface area contributed by atoms with Crippen molar-refractivity contribution in [3.8, 4) is 5.75 Å². The summed E-state index contributed by atoms with van der Waals surface area (Å²) >= 11 is 0. The Morgan fingerprint density at radius 1 is 1.53 bits per heavy atom. The van der Waals surface area contributed by atoms with Gasteiger partial charge in [-0.05, 0) is 50.1 Å². The molecule has 4 nitrogen and oxygen atoms in total. The Morgan fingerprint density at radius 3 is 2.94 bits per heavy atom. The summed E-state index contributed by atoms with van der Waals surface area (Å²) in [5, 5.41) is 6.13. The predicted molar refractivity (Wildman–Crippen MR) is 67.4 cm³/mol. The van der Waals surface area contributed by atoms with Crippen molar-refractivity contribution in [2.75, 3.05) is 19.0 Å². The van der Waals surface area contributed by atoms with Gasteiger partial charge in [-0.25, -0.2) is 0 Å². The van der Waals surface area contributed by atoms with Crippen LogP contribution in [0, 0.1) is 6.92 Å². The van der Waals surface area contributed by atoms with Gasteiger partial charge in [0.15, 0.2) is 0 Å². The summed E-state index contributed by atoms with van der Waals surface area (Å²) in [7, 11) is 1.63. The third kappa shape index (κ3) is 2.77. The first kappa shape index (κ1) is 11.9. The van der Waals surface area contributed by atoms with E-state index in [-0.39, 0.29) is 11.9 Å². The topological polar surface area (TPSA) is 50.4 Å². The second-order valence-corrected chi connectivity index (χ2v) is 4.32. The van der Waals surface area contributed by atoms with E-state index in [4.69, 9.17) is 4.74 Å². The molecule has 1 aliphatic heterocycles. The van der Waals surface area contributed by atoms with Crippen LogP contribution in [0.5, 0.6) is 5.75 Å².